The van der Waals surface area contributed by atoms with Gasteiger partial charge in [-0.05, 0) is 11.6 Å². The van der Waals surface area contributed by atoms with Crippen molar-refractivity contribution in [3.63, 3.8) is 0 Å². The van der Waals surface area contributed by atoms with Gasteiger partial charge in [-0.2, -0.15) is 0 Å². The first kappa shape index (κ1) is 13.3. The van der Waals surface area contributed by atoms with Gasteiger partial charge in [0.15, 0.2) is 11.9 Å². The van der Waals surface area contributed by atoms with Gasteiger partial charge in [0, 0.05) is 26.1 Å². The lowest BCUT2D eigenvalue weighted by atomic mass is 10.2. The fraction of sp³-hybridized carbons (Fsp3) is 0.417. The minimum absolute atomic E-state index is 0.0517. The zero-order chi connectivity index (χ0) is 14.0. The lowest BCUT2D eigenvalue weighted by molar-refractivity contribution is -0.386. The van der Waals surface area contributed by atoms with Crippen molar-refractivity contribution in [3.8, 4) is 5.75 Å². The molecule has 1 N–H and O–H groups in total. The van der Waals surface area contributed by atoms with Crippen LogP contribution in [0.15, 0.2) is 18.2 Å². The summed E-state index contributed by atoms with van der Waals surface area (Å²) in [5, 5.41) is 19.9. The third kappa shape index (κ3) is 2.65. The van der Waals surface area contributed by atoms with Crippen molar-refractivity contribution in [2.24, 2.45) is 0 Å². The Morgan fingerprint density at radius 3 is 2.84 bits per heavy atom. The molecule has 0 aromatic heterocycles. The Morgan fingerprint density at radius 2 is 2.32 bits per heavy atom. The number of benzene rings is 1. The van der Waals surface area contributed by atoms with Crippen LogP contribution in [0.4, 0.5) is 5.69 Å². The smallest absolute Gasteiger partial charge is 0.311 e. The predicted molar refractivity (Wildman–Crippen MR) is 65.7 cm³/mol. The van der Waals surface area contributed by atoms with E-state index in [2.05, 4.69) is 0 Å². The highest BCUT2D eigenvalue weighted by atomic mass is 16.6. The number of nitro benzene ring substituents is 1. The monoisotopic (exact) mass is 266 g/mol. The van der Waals surface area contributed by atoms with Crippen LogP contribution in [-0.4, -0.2) is 40.5 Å². The summed E-state index contributed by atoms with van der Waals surface area (Å²) in [4.78, 5) is 23.6. The summed E-state index contributed by atoms with van der Waals surface area (Å²) in [5.74, 6) is -0.128. The van der Waals surface area contributed by atoms with Gasteiger partial charge in [-0.15, -0.1) is 0 Å². The van der Waals surface area contributed by atoms with Crippen molar-refractivity contribution in [3.05, 3.63) is 33.9 Å². The Hall–Kier alpha value is -2.15. The van der Waals surface area contributed by atoms with E-state index in [4.69, 9.17) is 9.84 Å². The SMILES string of the molecule is CN1CCC(Oc2ccc(CO)cc2[N+](=O)[O-])C1=O. The van der Waals surface area contributed by atoms with E-state index in [1.807, 2.05) is 0 Å². The zero-order valence-electron chi connectivity index (χ0n) is 10.4. The summed E-state index contributed by atoms with van der Waals surface area (Å²) in [6, 6.07) is 4.19. The molecule has 0 bridgehead atoms. The predicted octanol–water partition coefficient (Wildman–Crippen LogP) is 0.697. The van der Waals surface area contributed by atoms with E-state index in [9.17, 15) is 14.9 Å². The summed E-state index contributed by atoms with van der Waals surface area (Å²) in [6.45, 7) is 0.290. The van der Waals surface area contributed by atoms with Gasteiger partial charge in [0.05, 0.1) is 11.5 Å². The molecular weight excluding hydrogens is 252 g/mol. The van der Waals surface area contributed by atoms with Crippen LogP contribution in [0.5, 0.6) is 5.75 Å². The molecule has 1 saturated heterocycles. The van der Waals surface area contributed by atoms with Gasteiger partial charge in [0.25, 0.3) is 5.91 Å². The normalized spacial score (nSPS) is 18.7. The van der Waals surface area contributed by atoms with Crippen LogP contribution in [0.25, 0.3) is 0 Å². The molecule has 1 fully saturated rings. The number of ether oxygens (including phenoxy) is 1. The van der Waals surface area contributed by atoms with Crippen molar-refractivity contribution in [2.75, 3.05) is 13.6 Å². The molecule has 102 valence electrons. The van der Waals surface area contributed by atoms with Crippen LogP contribution in [-0.2, 0) is 11.4 Å². The Balaban J connectivity index is 2.25. The number of aliphatic hydroxyl groups excluding tert-OH is 1. The van der Waals surface area contributed by atoms with Gasteiger partial charge in [-0.1, -0.05) is 6.07 Å². The average molecular weight is 266 g/mol. The highest BCUT2D eigenvalue weighted by molar-refractivity contribution is 5.83. The summed E-state index contributed by atoms with van der Waals surface area (Å²) in [7, 11) is 1.66. The van der Waals surface area contributed by atoms with E-state index in [-0.39, 0.29) is 24.0 Å². The first-order valence-electron chi connectivity index (χ1n) is 5.82. The van der Waals surface area contributed by atoms with Gasteiger partial charge in [-0.3, -0.25) is 14.9 Å². The molecule has 0 aliphatic carbocycles. The van der Waals surface area contributed by atoms with Crippen LogP contribution in [0.2, 0.25) is 0 Å². The number of amides is 1. The maximum absolute atomic E-state index is 11.7. The molecule has 19 heavy (non-hydrogen) atoms. The number of nitro groups is 1. The molecule has 7 heteroatoms. The molecule has 1 heterocycles. The zero-order valence-corrected chi connectivity index (χ0v) is 10.4. The van der Waals surface area contributed by atoms with Crippen LogP contribution >= 0.6 is 0 Å². The quantitative estimate of drug-likeness (QED) is 0.639. The highest BCUT2D eigenvalue weighted by Gasteiger charge is 2.32. The van der Waals surface area contributed by atoms with Gasteiger partial charge in [0.2, 0.25) is 0 Å². The third-order valence-electron chi connectivity index (χ3n) is 3.05. The lowest BCUT2D eigenvalue weighted by Crippen LogP contribution is -2.29. The standard InChI is InChI=1S/C12H14N2O5/c1-13-5-4-11(12(13)16)19-10-3-2-8(7-15)6-9(10)14(17)18/h2-3,6,11,15H,4-5,7H2,1H3. The topological polar surface area (TPSA) is 92.9 Å². The summed E-state index contributed by atoms with van der Waals surface area (Å²) in [6.07, 6.45) is -0.169. The highest BCUT2D eigenvalue weighted by Crippen LogP contribution is 2.30. The van der Waals surface area contributed by atoms with Crippen molar-refractivity contribution in [1.29, 1.82) is 0 Å². The molecule has 0 spiro atoms. The molecule has 1 unspecified atom stereocenters. The first-order chi connectivity index (χ1) is 9.02. The summed E-state index contributed by atoms with van der Waals surface area (Å²) >= 11 is 0. The Labute approximate surface area is 109 Å². The van der Waals surface area contributed by atoms with E-state index >= 15 is 0 Å². The van der Waals surface area contributed by atoms with Gasteiger partial charge < -0.3 is 14.7 Å². The van der Waals surface area contributed by atoms with Crippen molar-refractivity contribution in [1.82, 2.24) is 4.90 Å². The minimum Gasteiger partial charge on any atom is -0.473 e. The van der Waals surface area contributed by atoms with E-state index in [0.717, 1.165) is 0 Å². The summed E-state index contributed by atoms with van der Waals surface area (Å²) in [5.41, 5.74) is 0.183. The van der Waals surface area contributed by atoms with Gasteiger partial charge >= 0.3 is 5.69 Å². The number of hydrogen-bond acceptors (Lipinski definition) is 5. The van der Waals surface area contributed by atoms with Crippen molar-refractivity contribution < 1.29 is 19.6 Å². The van der Waals surface area contributed by atoms with E-state index < -0.39 is 11.0 Å². The van der Waals surface area contributed by atoms with Crippen molar-refractivity contribution in [2.45, 2.75) is 19.1 Å². The number of carbonyl (C=O) groups is 1. The summed E-state index contributed by atoms with van der Waals surface area (Å²) < 4.78 is 5.44. The molecule has 1 aromatic carbocycles. The largest absolute Gasteiger partial charge is 0.473 e. The van der Waals surface area contributed by atoms with E-state index in [1.165, 1.54) is 23.1 Å². The van der Waals surface area contributed by atoms with Crippen molar-refractivity contribution >= 4 is 11.6 Å². The Bertz CT molecular complexity index is 517. The molecule has 1 atom stereocenters. The molecule has 0 saturated carbocycles. The van der Waals surface area contributed by atoms with Crippen LogP contribution in [0.1, 0.15) is 12.0 Å². The number of carbonyl (C=O) groups excluding carboxylic acids is 1. The molecule has 1 amide bonds. The lowest BCUT2D eigenvalue weighted by Gasteiger charge is -2.13. The van der Waals surface area contributed by atoms with Gasteiger partial charge in [-0.25, -0.2) is 0 Å². The number of hydrogen-bond donors (Lipinski definition) is 1. The molecule has 1 aromatic rings. The molecule has 1 aliphatic rings. The number of likely N-dealkylation sites (N-methyl/N-ethyl adjacent to an activating group) is 1. The number of aliphatic hydroxyl groups is 1. The third-order valence-corrected chi connectivity index (χ3v) is 3.05. The Kier molecular flexibility index (Phi) is 3.66. The molecular formula is C12H14N2O5. The van der Waals surface area contributed by atoms with Crippen LogP contribution in [0.3, 0.4) is 0 Å². The minimum atomic E-state index is -0.677. The molecule has 7 nitrogen and oxygen atoms in total. The average Bonchev–Trinajstić information content (AvgIpc) is 2.71. The van der Waals surface area contributed by atoms with E-state index in [1.54, 1.807) is 7.05 Å². The number of nitrogens with zero attached hydrogens (tertiary/aromatic N) is 2. The fourth-order valence-corrected chi connectivity index (χ4v) is 1.96. The van der Waals surface area contributed by atoms with Gasteiger partial charge in [0.1, 0.15) is 0 Å². The maximum atomic E-state index is 11.7. The fourth-order valence-electron chi connectivity index (χ4n) is 1.96. The Morgan fingerprint density at radius 1 is 1.58 bits per heavy atom. The second kappa shape index (κ2) is 5.23. The first-order valence-corrected chi connectivity index (χ1v) is 5.82. The number of likely N-dealkylation sites (tertiary alicyclic amines) is 1. The second-order valence-electron chi connectivity index (χ2n) is 4.37. The van der Waals surface area contributed by atoms with Crippen LogP contribution < -0.4 is 4.74 Å². The van der Waals surface area contributed by atoms with E-state index in [0.29, 0.717) is 18.5 Å². The maximum Gasteiger partial charge on any atom is 0.311 e. The molecule has 2 rings (SSSR count). The number of rotatable bonds is 4. The molecule has 0 radical (unpaired) electrons. The second-order valence-corrected chi connectivity index (χ2v) is 4.37. The van der Waals surface area contributed by atoms with Crippen LogP contribution in [0, 0.1) is 10.1 Å². The molecule has 1 aliphatic heterocycles.